The minimum Gasteiger partial charge on any atom is -0.327 e. The minimum absolute atomic E-state index is 0.117. The Morgan fingerprint density at radius 3 is 2.78 bits per heavy atom. The summed E-state index contributed by atoms with van der Waals surface area (Å²) in [6.07, 6.45) is 4.17. The molecule has 3 N–H and O–H groups in total. The Hall–Kier alpha value is -1.13. The van der Waals surface area contributed by atoms with Crippen LogP contribution in [-0.2, 0) is 4.79 Å². The number of amides is 1. The maximum atomic E-state index is 11.8. The molecule has 0 bridgehead atoms. The van der Waals surface area contributed by atoms with E-state index in [1.807, 2.05) is 0 Å². The fourth-order valence-electron chi connectivity index (χ4n) is 1.77. The van der Waals surface area contributed by atoms with E-state index in [9.17, 15) is 4.79 Å². The zero-order chi connectivity index (χ0) is 13.8. The lowest BCUT2D eigenvalue weighted by atomic mass is 9.87. The summed E-state index contributed by atoms with van der Waals surface area (Å²) in [4.78, 5) is 15.7. The summed E-state index contributed by atoms with van der Waals surface area (Å²) in [6.45, 7) is 6.30. The Balaban J connectivity index is 2.50. The van der Waals surface area contributed by atoms with E-state index < -0.39 is 0 Å². The predicted octanol–water partition coefficient (Wildman–Crippen LogP) is 2.83. The van der Waals surface area contributed by atoms with Crippen LogP contribution in [0, 0.1) is 5.41 Å². The molecule has 1 atom stereocenters. The monoisotopic (exact) mass is 269 g/mol. The minimum atomic E-state index is -0.152. The molecule has 0 saturated carbocycles. The van der Waals surface area contributed by atoms with Gasteiger partial charge in [-0.05, 0) is 17.9 Å². The number of nitrogens with two attached hydrogens (primary N) is 1. The number of carbonyl (C=O) groups is 1. The molecular weight excluding hydrogens is 250 g/mol. The van der Waals surface area contributed by atoms with Crippen molar-refractivity contribution in [2.45, 2.75) is 39.7 Å². The molecule has 1 amide bonds. The summed E-state index contributed by atoms with van der Waals surface area (Å²) in [5.41, 5.74) is 6.58. The van der Waals surface area contributed by atoms with Crippen LogP contribution in [0.5, 0.6) is 0 Å². The van der Waals surface area contributed by atoms with Gasteiger partial charge >= 0.3 is 0 Å². The van der Waals surface area contributed by atoms with Crippen molar-refractivity contribution in [3.63, 3.8) is 0 Å². The van der Waals surface area contributed by atoms with Gasteiger partial charge in [-0.2, -0.15) is 0 Å². The standard InChI is InChI=1S/C13H20ClN3O/c1-13(2,3)7-9(15)6-12(18)17-11-8-16-5-4-10(11)14/h4-5,8-9H,6-7,15H2,1-3H3,(H,17,18). The van der Waals surface area contributed by atoms with Crippen molar-refractivity contribution < 1.29 is 4.79 Å². The summed E-state index contributed by atoms with van der Waals surface area (Å²) >= 11 is 5.93. The van der Waals surface area contributed by atoms with E-state index >= 15 is 0 Å². The average molecular weight is 270 g/mol. The van der Waals surface area contributed by atoms with Crippen LogP contribution in [0.4, 0.5) is 5.69 Å². The Labute approximate surface area is 113 Å². The first kappa shape index (κ1) is 14.9. The maximum Gasteiger partial charge on any atom is 0.226 e. The first-order chi connectivity index (χ1) is 8.28. The van der Waals surface area contributed by atoms with E-state index in [0.29, 0.717) is 10.7 Å². The number of pyridine rings is 1. The summed E-state index contributed by atoms with van der Waals surface area (Å²) in [6, 6.07) is 1.48. The van der Waals surface area contributed by atoms with Crippen LogP contribution >= 0.6 is 11.6 Å². The van der Waals surface area contributed by atoms with Crippen LogP contribution in [0.1, 0.15) is 33.6 Å². The number of aromatic nitrogens is 1. The lowest BCUT2D eigenvalue weighted by molar-refractivity contribution is -0.116. The summed E-state index contributed by atoms with van der Waals surface area (Å²) in [5, 5.41) is 3.19. The molecule has 1 heterocycles. The molecule has 0 aliphatic rings. The lowest BCUT2D eigenvalue weighted by Crippen LogP contribution is -2.31. The van der Waals surface area contributed by atoms with Gasteiger partial charge in [0.25, 0.3) is 0 Å². The largest absolute Gasteiger partial charge is 0.327 e. The predicted molar refractivity (Wildman–Crippen MR) is 74.5 cm³/mol. The zero-order valence-electron chi connectivity index (χ0n) is 11.0. The Morgan fingerprint density at radius 2 is 2.22 bits per heavy atom. The van der Waals surface area contributed by atoms with Crippen molar-refractivity contribution in [1.29, 1.82) is 0 Å². The molecule has 5 heteroatoms. The highest BCUT2D eigenvalue weighted by Crippen LogP contribution is 2.22. The first-order valence-corrected chi connectivity index (χ1v) is 6.31. The van der Waals surface area contributed by atoms with Crippen LogP contribution in [0.25, 0.3) is 0 Å². The second-order valence-corrected chi connectivity index (χ2v) is 6.04. The van der Waals surface area contributed by atoms with Gasteiger partial charge in [-0.15, -0.1) is 0 Å². The number of carbonyl (C=O) groups excluding carboxylic acids is 1. The van der Waals surface area contributed by atoms with Gasteiger partial charge in [0, 0.05) is 18.7 Å². The molecule has 1 unspecified atom stereocenters. The number of nitrogens with one attached hydrogen (secondary N) is 1. The number of nitrogens with zero attached hydrogens (tertiary/aromatic N) is 1. The van der Waals surface area contributed by atoms with Crippen LogP contribution in [0.15, 0.2) is 18.5 Å². The zero-order valence-corrected chi connectivity index (χ0v) is 11.8. The van der Waals surface area contributed by atoms with Crippen molar-refractivity contribution in [3.05, 3.63) is 23.5 Å². The molecule has 4 nitrogen and oxygen atoms in total. The van der Waals surface area contributed by atoms with Gasteiger partial charge in [0.1, 0.15) is 0 Å². The number of halogens is 1. The van der Waals surface area contributed by atoms with Crippen molar-refractivity contribution in [2.24, 2.45) is 11.1 Å². The molecule has 0 aliphatic heterocycles. The molecule has 18 heavy (non-hydrogen) atoms. The van der Waals surface area contributed by atoms with Gasteiger partial charge < -0.3 is 11.1 Å². The van der Waals surface area contributed by atoms with Gasteiger partial charge in [0.15, 0.2) is 0 Å². The number of anilines is 1. The first-order valence-electron chi connectivity index (χ1n) is 5.93. The molecule has 100 valence electrons. The average Bonchev–Trinajstić information content (AvgIpc) is 2.18. The Morgan fingerprint density at radius 1 is 1.56 bits per heavy atom. The number of hydrogen-bond donors (Lipinski definition) is 2. The van der Waals surface area contributed by atoms with Crippen molar-refractivity contribution in [2.75, 3.05) is 5.32 Å². The van der Waals surface area contributed by atoms with Crippen molar-refractivity contribution in [1.82, 2.24) is 4.98 Å². The second-order valence-electron chi connectivity index (χ2n) is 5.63. The Bertz CT molecular complexity index is 415. The highest BCUT2D eigenvalue weighted by molar-refractivity contribution is 6.33. The molecule has 0 spiro atoms. The Kier molecular flexibility index (Phi) is 5.11. The second kappa shape index (κ2) is 6.16. The fourth-order valence-corrected chi connectivity index (χ4v) is 1.92. The van der Waals surface area contributed by atoms with E-state index in [4.69, 9.17) is 17.3 Å². The molecule has 0 fully saturated rings. The van der Waals surface area contributed by atoms with E-state index in [0.717, 1.165) is 6.42 Å². The molecule has 0 radical (unpaired) electrons. The fraction of sp³-hybridized carbons (Fsp3) is 0.538. The van der Waals surface area contributed by atoms with Gasteiger partial charge in [-0.3, -0.25) is 9.78 Å². The van der Waals surface area contributed by atoms with Crippen molar-refractivity contribution >= 4 is 23.2 Å². The van der Waals surface area contributed by atoms with Crippen LogP contribution in [-0.4, -0.2) is 16.9 Å². The van der Waals surface area contributed by atoms with E-state index in [1.54, 1.807) is 12.3 Å². The number of hydrogen-bond acceptors (Lipinski definition) is 3. The topological polar surface area (TPSA) is 68.0 Å². The third kappa shape index (κ3) is 5.47. The van der Waals surface area contributed by atoms with Gasteiger partial charge in [-0.1, -0.05) is 32.4 Å². The van der Waals surface area contributed by atoms with Gasteiger partial charge in [0.05, 0.1) is 16.9 Å². The van der Waals surface area contributed by atoms with Crippen LogP contribution in [0.3, 0.4) is 0 Å². The molecule has 1 aromatic rings. The quantitative estimate of drug-likeness (QED) is 0.883. The summed E-state index contributed by atoms with van der Waals surface area (Å²) in [5.74, 6) is -0.137. The number of rotatable bonds is 4. The molecule has 1 rings (SSSR count). The highest BCUT2D eigenvalue weighted by Gasteiger charge is 2.18. The van der Waals surface area contributed by atoms with Gasteiger partial charge in [-0.25, -0.2) is 0 Å². The van der Waals surface area contributed by atoms with Crippen molar-refractivity contribution in [3.8, 4) is 0 Å². The molecular formula is C13H20ClN3O. The molecule has 1 aromatic heterocycles. The lowest BCUT2D eigenvalue weighted by Gasteiger charge is -2.22. The third-order valence-corrected chi connectivity index (χ3v) is 2.69. The van der Waals surface area contributed by atoms with E-state index in [-0.39, 0.29) is 23.8 Å². The van der Waals surface area contributed by atoms with Gasteiger partial charge in [0.2, 0.25) is 5.91 Å². The van der Waals surface area contributed by atoms with E-state index in [1.165, 1.54) is 6.20 Å². The smallest absolute Gasteiger partial charge is 0.226 e. The molecule has 0 aliphatic carbocycles. The van der Waals surface area contributed by atoms with Crippen LogP contribution in [0.2, 0.25) is 5.02 Å². The van der Waals surface area contributed by atoms with E-state index in [2.05, 4.69) is 31.1 Å². The highest BCUT2D eigenvalue weighted by atomic mass is 35.5. The molecule has 0 saturated heterocycles. The maximum absolute atomic E-state index is 11.8. The van der Waals surface area contributed by atoms with Crippen LogP contribution < -0.4 is 11.1 Å². The SMILES string of the molecule is CC(C)(C)CC(N)CC(=O)Nc1cnccc1Cl. The normalized spacial score (nSPS) is 13.2. The molecule has 0 aromatic carbocycles. The summed E-state index contributed by atoms with van der Waals surface area (Å²) in [7, 11) is 0. The summed E-state index contributed by atoms with van der Waals surface area (Å²) < 4.78 is 0. The third-order valence-electron chi connectivity index (χ3n) is 2.36.